The van der Waals surface area contributed by atoms with E-state index in [-0.39, 0.29) is 30.7 Å². The number of aryl methyl sites for hydroxylation is 1. The summed E-state index contributed by atoms with van der Waals surface area (Å²) < 4.78 is 0. The molecule has 2 rings (SSSR count). The molecule has 2 aromatic heterocycles. The first-order chi connectivity index (χ1) is 9.70. The molecular weight excluding hydrogens is 323 g/mol. The molecule has 0 bridgehead atoms. The Bertz CT molecular complexity index is 579. The summed E-state index contributed by atoms with van der Waals surface area (Å²) in [5.41, 5.74) is 3.03. The van der Waals surface area contributed by atoms with E-state index in [2.05, 4.69) is 9.97 Å². The Morgan fingerprint density at radius 1 is 1.18 bits per heavy atom. The number of hydrogen-bond donors (Lipinski definition) is 1. The maximum absolute atomic E-state index is 11.0. The van der Waals surface area contributed by atoms with Gasteiger partial charge in [-0.1, -0.05) is 6.92 Å². The van der Waals surface area contributed by atoms with Gasteiger partial charge in [0, 0.05) is 24.2 Å². The third-order valence-corrected chi connectivity index (χ3v) is 3.42. The van der Waals surface area contributed by atoms with Crippen molar-refractivity contribution in [1.29, 1.82) is 0 Å². The van der Waals surface area contributed by atoms with Gasteiger partial charge in [0.25, 0.3) is 0 Å². The van der Waals surface area contributed by atoms with Gasteiger partial charge in [0.1, 0.15) is 0 Å². The lowest BCUT2D eigenvalue weighted by atomic mass is 9.97. The fraction of sp³-hybridized carbons (Fsp3) is 0.312. The summed E-state index contributed by atoms with van der Waals surface area (Å²) in [5, 5.41) is 9.06. The van der Waals surface area contributed by atoms with Gasteiger partial charge in [-0.2, -0.15) is 0 Å². The molecule has 0 aliphatic carbocycles. The van der Waals surface area contributed by atoms with Crippen molar-refractivity contribution in [2.75, 3.05) is 0 Å². The lowest BCUT2D eigenvalue weighted by Gasteiger charge is -2.10. The number of carboxylic acids is 1. The van der Waals surface area contributed by atoms with Crippen molar-refractivity contribution in [3.05, 3.63) is 48.4 Å². The average Bonchev–Trinajstić information content (AvgIpc) is 2.49. The molecule has 0 amide bonds. The summed E-state index contributed by atoms with van der Waals surface area (Å²) >= 11 is 0. The van der Waals surface area contributed by atoms with Crippen LogP contribution in [0.2, 0.25) is 0 Å². The van der Waals surface area contributed by atoms with Gasteiger partial charge >= 0.3 is 5.97 Å². The van der Waals surface area contributed by atoms with E-state index in [1.807, 2.05) is 31.2 Å². The average molecular weight is 343 g/mol. The predicted molar refractivity (Wildman–Crippen MR) is 91.7 cm³/mol. The molecular formula is C16H20Cl2N2O2. The molecule has 4 nitrogen and oxygen atoms in total. The first-order valence-corrected chi connectivity index (χ1v) is 6.79. The Balaban J connectivity index is 0.00000220. The highest BCUT2D eigenvalue weighted by Crippen LogP contribution is 2.19. The molecule has 1 atom stereocenters. The van der Waals surface area contributed by atoms with Gasteiger partial charge in [-0.15, -0.1) is 24.8 Å². The van der Waals surface area contributed by atoms with E-state index >= 15 is 0 Å². The lowest BCUT2D eigenvalue weighted by Crippen LogP contribution is -2.13. The van der Waals surface area contributed by atoms with Crippen molar-refractivity contribution < 1.29 is 9.90 Å². The molecule has 6 heteroatoms. The second kappa shape index (κ2) is 10.1. The van der Waals surface area contributed by atoms with Crippen molar-refractivity contribution in [3.63, 3.8) is 0 Å². The molecule has 0 aliphatic rings. The Labute approximate surface area is 142 Å². The lowest BCUT2D eigenvalue weighted by molar-refractivity contribution is -0.142. The number of rotatable bonds is 6. The number of aromatic nitrogens is 2. The van der Waals surface area contributed by atoms with Crippen molar-refractivity contribution in [2.45, 2.75) is 26.2 Å². The zero-order valence-corrected chi connectivity index (χ0v) is 13.9. The zero-order chi connectivity index (χ0) is 14.4. The quantitative estimate of drug-likeness (QED) is 0.860. The van der Waals surface area contributed by atoms with Crippen LogP contribution < -0.4 is 0 Å². The van der Waals surface area contributed by atoms with Crippen molar-refractivity contribution >= 4 is 30.8 Å². The van der Waals surface area contributed by atoms with Crippen LogP contribution in [0.5, 0.6) is 0 Å². The van der Waals surface area contributed by atoms with Crippen molar-refractivity contribution in [3.8, 4) is 11.3 Å². The van der Waals surface area contributed by atoms with Crippen LogP contribution in [-0.4, -0.2) is 21.0 Å². The van der Waals surface area contributed by atoms with Crippen LogP contribution in [0.4, 0.5) is 0 Å². The summed E-state index contributed by atoms with van der Waals surface area (Å²) in [5.74, 6) is -0.983. The zero-order valence-electron chi connectivity index (χ0n) is 12.3. The molecule has 0 radical (unpaired) electrons. The van der Waals surface area contributed by atoms with Gasteiger partial charge in [-0.05, 0) is 49.1 Å². The fourth-order valence-electron chi connectivity index (χ4n) is 2.15. The molecule has 0 spiro atoms. The molecule has 0 saturated carbocycles. The highest BCUT2D eigenvalue weighted by Gasteiger charge is 2.14. The summed E-state index contributed by atoms with van der Waals surface area (Å²) in [6.07, 6.45) is 7.32. The van der Waals surface area contributed by atoms with Crippen LogP contribution >= 0.6 is 24.8 Å². The Kier molecular flexibility index (Phi) is 9.38. The van der Waals surface area contributed by atoms with Crippen LogP contribution in [0.15, 0.2) is 42.9 Å². The van der Waals surface area contributed by atoms with Crippen molar-refractivity contribution in [1.82, 2.24) is 9.97 Å². The Hall–Kier alpha value is -1.65. The summed E-state index contributed by atoms with van der Waals surface area (Å²) in [7, 11) is 0. The smallest absolute Gasteiger partial charge is 0.306 e. The molecule has 2 aromatic rings. The SMILES string of the molecule is CCC(CCc1ccnc(-c2ccncc2)c1)C(=O)O.Cl.Cl. The second-order valence-electron chi connectivity index (χ2n) is 4.77. The van der Waals surface area contributed by atoms with Gasteiger partial charge in [0.15, 0.2) is 0 Å². The molecule has 1 unspecified atom stereocenters. The van der Waals surface area contributed by atoms with Gasteiger partial charge in [-0.3, -0.25) is 14.8 Å². The van der Waals surface area contributed by atoms with Gasteiger partial charge in [0.05, 0.1) is 11.6 Å². The molecule has 0 fully saturated rings. The number of nitrogens with zero attached hydrogens (tertiary/aromatic N) is 2. The van der Waals surface area contributed by atoms with Gasteiger partial charge in [0.2, 0.25) is 0 Å². The fourth-order valence-corrected chi connectivity index (χ4v) is 2.15. The summed E-state index contributed by atoms with van der Waals surface area (Å²) in [6, 6.07) is 7.79. The molecule has 1 N–H and O–H groups in total. The minimum absolute atomic E-state index is 0. The maximum atomic E-state index is 11.0. The van der Waals surface area contributed by atoms with Crippen LogP contribution in [0.1, 0.15) is 25.3 Å². The second-order valence-corrected chi connectivity index (χ2v) is 4.77. The Morgan fingerprint density at radius 2 is 1.86 bits per heavy atom. The predicted octanol–water partition coefficient (Wildman–Crippen LogP) is 4.03. The number of carbonyl (C=O) groups is 1. The molecule has 2 heterocycles. The van der Waals surface area contributed by atoms with Crippen LogP contribution in [-0.2, 0) is 11.2 Å². The molecule has 0 aliphatic heterocycles. The first kappa shape index (κ1) is 20.3. The van der Waals surface area contributed by atoms with Crippen LogP contribution in [0, 0.1) is 5.92 Å². The van der Waals surface area contributed by atoms with E-state index in [0.29, 0.717) is 12.8 Å². The first-order valence-electron chi connectivity index (χ1n) is 6.79. The van der Waals surface area contributed by atoms with Crippen LogP contribution in [0.25, 0.3) is 11.3 Å². The van der Waals surface area contributed by atoms with Gasteiger partial charge in [-0.25, -0.2) is 0 Å². The molecule has 0 saturated heterocycles. The summed E-state index contributed by atoms with van der Waals surface area (Å²) in [4.78, 5) is 19.4. The van der Waals surface area contributed by atoms with E-state index in [1.165, 1.54) is 0 Å². The minimum atomic E-state index is -0.712. The Morgan fingerprint density at radius 3 is 2.45 bits per heavy atom. The molecule has 120 valence electrons. The number of aliphatic carboxylic acids is 1. The summed E-state index contributed by atoms with van der Waals surface area (Å²) in [6.45, 7) is 1.91. The van der Waals surface area contributed by atoms with E-state index in [0.717, 1.165) is 23.2 Å². The monoisotopic (exact) mass is 342 g/mol. The largest absolute Gasteiger partial charge is 0.481 e. The van der Waals surface area contributed by atoms with Gasteiger partial charge < -0.3 is 5.11 Å². The van der Waals surface area contributed by atoms with Crippen LogP contribution in [0.3, 0.4) is 0 Å². The normalized spacial score (nSPS) is 11.0. The highest BCUT2D eigenvalue weighted by atomic mass is 35.5. The number of pyridine rings is 2. The van der Waals surface area contributed by atoms with E-state index in [4.69, 9.17) is 5.11 Å². The third kappa shape index (κ3) is 5.62. The van der Waals surface area contributed by atoms with E-state index in [9.17, 15) is 4.79 Å². The highest BCUT2D eigenvalue weighted by molar-refractivity contribution is 5.85. The number of carboxylic acid groups (broad SMARTS) is 1. The number of halogens is 2. The third-order valence-electron chi connectivity index (χ3n) is 3.42. The minimum Gasteiger partial charge on any atom is -0.481 e. The molecule has 0 aromatic carbocycles. The molecule has 22 heavy (non-hydrogen) atoms. The standard InChI is InChI=1S/C16H18N2O2.2ClH/c1-2-13(16(19)20)4-3-12-5-10-18-15(11-12)14-6-8-17-9-7-14;;/h5-11,13H,2-4H2,1H3,(H,19,20);2*1H. The number of hydrogen-bond acceptors (Lipinski definition) is 3. The van der Waals surface area contributed by atoms with Crippen molar-refractivity contribution in [2.24, 2.45) is 5.92 Å². The topological polar surface area (TPSA) is 63.1 Å². The van der Waals surface area contributed by atoms with E-state index in [1.54, 1.807) is 18.6 Å². The van der Waals surface area contributed by atoms with E-state index < -0.39 is 5.97 Å². The maximum Gasteiger partial charge on any atom is 0.306 e.